The highest BCUT2D eigenvalue weighted by atomic mass is 19.1. The zero-order chi connectivity index (χ0) is 12.7. The number of primary amides is 1. The Bertz CT molecular complexity index is 716. The van der Waals surface area contributed by atoms with Crippen molar-refractivity contribution in [3.8, 4) is 0 Å². The predicted molar refractivity (Wildman–Crippen MR) is 64.9 cm³/mol. The van der Waals surface area contributed by atoms with Gasteiger partial charge in [-0.15, -0.1) is 0 Å². The fourth-order valence-corrected chi connectivity index (χ4v) is 2.21. The lowest BCUT2D eigenvalue weighted by atomic mass is 9.97. The molecule has 18 heavy (non-hydrogen) atoms. The minimum atomic E-state index is -0.620. The predicted octanol–water partition coefficient (Wildman–Crippen LogP) is 0.253. The molecule has 1 heterocycles. The van der Waals surface area contributed by atoms with E-state index in [0.717, 1.165) is 5.22 Å². The molecule has 2 aliphatic rings. The van der Waals surface area contributed by atoms with Gasteiger partial charge in [-0.2, -0.15) is 0 Å². The number of carbonyl (C=O) groups is 1. The highest BCUT2D eigenvalue weighted by molar-refractivity contribution is 6.10. The Morgan fingerprint density at radius 1 is 1.28 bits per heavy atom. The maximum atomic E-state index is 13.3. The van der Waals surface area contributed by atoms with Gasteiger partial charge in [0.25, 0.3) is 5.91 Å². The second-order valence-electron chi connectivity index (χ2n) is 4.12. The molecular weight excluding hydrogens is 233 g/mol. The molecule has 0 saturated carbocycles. The molecule has 0 aromatic heterocycles. The summed E-state index contributed by atoms with van der Waals surface area (Å²) in [6.07, 6.45) is 3.85. The normalized spacial score (nSPS) is 20.7. The monoisotopic (exact) mass is 243 g/mol. The standard InChI is InChI=1S/C14H10FNO2/c15-8-5-6-12-11(7-8)9-3-1-2-4-10(9)13(18-12)14(16)17/h1-7,12H,(H2,16,17). The highest BCUT2D eigenvalue weighted by Crippen LogP contribution is 2.23. The Balaban J connectivity index is 2.43. The van der Waals surface area contributed by atoms with Crippen molar-refractivity contribution in [3.05, 3.63) is 58.8 Å². The topological polar surface area (TPSA) is 52.3 Å². The van der Waals surface area contributed by atoms with Crippen LogP contribution in [0, 0.1) is 0 Å². The van der Waals surface area contributed by atoms with Gasteiger partial charge in [-0.1, -0.05) is 24.3 Å². The van der Waals surface area contributed by atoms with E-state index in [1.165, 1.54) is 12.2 Å². The van der Waals surface area contributed by atoms with Gasteiger partial charge in [0.1, 0.15) is 11.9 Å². The summed E-state index contributed by atoms with van der Waals surface area (Å²) in [7, 11) is 0. The Labute approximate surface area is 102 Å². The molecule has 1 aromatic carbocycles. The van der Waals surface area contributed by atoms with Gasteiger partial charge in [-0.05, 0) is 23.4 Å². The first-order valence-electron chi connectivity index (χ1n) is 5.52. The summed E-state index contributed by atoms with van der Waals surface area (Å²) in [6, 6.07) is 7.18. The van der Waals surface area contributed by atoms with Gasteiger partial charge in [0.15, 0.2) is 5.76 Å². The van der Waals surface area contributed by atoms with Crippen LogP contribution in [0.3, 0.4) is 0 Å². The lowest BCUT2D eigenvalue weighted by molar-refractivity contribution is -0.115. The zero-order valence-corrected chi connectivity index (χ0v) is 9.39. The van der Waals surface area contributed by atoms with E-state index in [9.17, 15) is 9.18 Å². The van der Waals surface area contributed by atoms with Crippen molar-refractivity contribution in [2.45, 2.75) is 6.10 Å². The van der Waals surface area contributed by atoms with Crippen molar-refractivity contribution in [2.75, 3.05) is 0 Å². The number of hydrogen-bond acceptors (Lipinski definition) is 2. The number of rotatable bonds is 1. The number of hydrogen-bond donors (Lipinski definition) is 1. The second kappa shape index (κ2) is 3.84. The first-order valence-corrected chi connectivity index (χ1v) is 5.52. The maximum absolute atomic E-state index is 13.3. The Morgan fingerprint density at radius 3 is 2.72 bits per heavy atom. The fraction of sp³-hybridized carbons (Fsp3) is 0.0714. The molecule has 1 atom stereocenters. The van der Waals surface area contributed by atoms with Crippen molar-refractivity contribution in [1.82, 2.24) is 0 Å². The fourth-order valence-electron chi connectivity index (χ4n) is 2.21. The average molecular weight is 243 g/mol. The molecular formula is C14H10FNO2. The molecule has 1 aromatic rings. The molecule has 1 amide bonds. The molecule has 2 N–H and O–H groups in total. The van der Waals surface area contributed by atoms with Crippen LogP contribution >= 0.6 is 0 Å². The molecule has 3 rings (SSSR count). The number of ether oxygens (including phenoxy) is 1. The van der Waals surface area contributed by atoms with Crippen LogP contribution in [0.1, 0.15) is 0 Å². The van der Waals surface area contributed by atoms with Crippen LogP contribution in [0.2, 0.25) is 0 Å². The van der Waals surface area contributed by atoms with Crippen LogP contribution in [0.15, 0.2) is 48.3 Å². The van der Waals surface area contributed by atoms with Crippen LogP contribution < -0.4 is 16.2 Å². The number of allylic oxidation sites excluding steroid dienone is 2. The van der Waals surface area contributed by atoms with Gasteiger partial charge in [0, 0.05) is 10.8 Å². The summed E-state index contributed by atoms with van der Waals surface area (Å²) >= 11 is 0. The molecule has 1 unspecified atom stereocenters. The summed E-state index contributed by atoms with van der Waals surface area (Å²) in [6.45, 7) is 0. The largest absolute Gasteiger partial charge is 0.475 e. The third kappa shape index (κ3) is 1.54. The molecule has 0 saturated heterocycles. The molecule has 1 aliphatic carbocycles. The molecule has 1 aliphatic heterocycles. The summed E-state index contributed by atoms with van der Waals surface area (Å²) in [4.78, 5) is 11.4. The molecule has 0 radical (unpaired) electrons. The minimum Gasteiger partial charge on any atom is -0.475 e. The van der Waals surface area contributed by atoms with Crippen LogP contribution in [-0.4, -0.2) is 12.0 Å². The highest BCUT2D eigenvalue weighted by Gasteiger charge is 2.24. The van der Waals surface area contributed by atoms with Crippen LogP contribution in [0.4, 0.5) is 4.39 Å². The van der Waals surface area contributed by atoms with Crippen LogP contribution in [-0.2, 0) is 9.53 Å². The number of amides is 1. The van der Waals surface area contributed by atoms with Crippen molar-refractivity contribution >= 4 is 17.2 Å². The summed E-state index contributed by atoms with van der Waals surface area (Å²) in [5.41, 5.74) is 6.01. The second-order valence-corrected chi connectivity index (χ2v) is 4.12. The minimum absolute atomic E-state index is 0.125. The molecule has 90 valence electrons. The van der Waals surface area contributed by atoms with E-state index in [2.05, 4.69) is 0 Å². The molecule has 0 bridgehead atoms. The van der Waals surface area contributed by atoms with E-state index in [1.807, 2.05) is 12.1 Å². The van der Waals surface area contributed by atoms with Crippen molar-refractivity contribution in [1.29, 1.82) is 0 Å². The number of nitrogens with two attached hydrogens (primary N) is 1. The zero-order valence-electron chi connectivity index (χ0n) is 9.39. The number of carbonyl (C=O) groups excluding carboxylic acids is 1. The van der Waals surface area contributed by atoms with E-state index in [4.69, 9.17) is 10.5 Å². The van der Waals surface area contributed by atoms with Crippen LogP contribution in [0.25, 0.3) is 11.3 Å². The first-order chi connectivity index (χ1) is 8.66. The van der Waals surface area contributed by atoms with E-state index in [1.54, 1.807) is 18.2 Å². The van der Waals surface area contributed by atoms with Gasteiger partial charge in [-0.3, -0.25) is 4.79 Å². The molecule has 0 spiro atoms. The van der Waals surface area contributed by atoms with Crippen LogP contribution in [0.5, 0.6) is 0 Å². The summed E-state index contributed by atoms with van der Waals surface area (Å²) in [5.74, 6) is -0.827. The van der Waals surface area contributed by atoms with E-state index in [0.29, 0.717) is 10.8 Å². The molecule has 3 nitrogen and oxygen atoms in total. The van der Waals surface area contributed by atoms with E-state index in [-0.39, 0.29) is 11.6 Å². The van der Waals surface area contributed by atoms with Gasteiger partial charge in [0.05, 0.1) is 0 Å². The van der Waals surface area contributed by atoms with E-state index < -0.39 is 12.0 Å². The lowest BCUT2D eigenvalue weighted by Gasteiger charge is -2.24. The lowest BCUT2D eigenvalue weighted by Crippen LogP contribution is -2.41. The number of fused-ring (bicyclic) bond motifs is 2. The number of halogens is 1. The van der Waals surface area contributed by atoms with Gasteiger partial charge < -0.3 is 10.5 Å². The third-order valence-electron chi connectivity index (χ3n) is 2.98. The maximum Gasteiger partial charge on any atom is 0.284 e. The molecule has 4 heteroatoms. The molecule has 0 fully saturated rings. The van der Waals surface area contributed by atoms with Crippen molar-refractivity contribution < 1.29 is 13.9 Å². The first kappa shape index (κ1) is 10.8. The Kier molecular flexibility index (Phi) is 2.30. The number of benzene rings is 1. The summed E-state index contributed by atoms with van der Waals surface area (Å²) in [5, 5.41) is 1.39. The van der Waals surface area contributed by atoms with Gasteiger partial charge >= 0.3 is 0 Å². The third-order valence-corrected chi connectivity index (χ3v) is 2.98. The smallest absolute Gasteiger partial charge is 0.284 e. The SMILES string of the molecule is NC(=O)C1=c2ccccc2=C2C=C(F)C=CC2O1. The van der Waals surface area contributed by atoms with Gasteiger partial charge in [-0.25, -0.2) is 4.39 Å². The van der Waals surface area contributed by atoms with E-state index >= 15 is 0 Å². The Morgan fingerprint density at radius 2 is 2.00 bits per heavy atom. The Hall–Kier alpha value is -2.36. The van der Waals surface area contributed by atoms with Crippen molar-refractivity contribution in [3.63, 3.8) is 0 Å². The quantitative estimate of drug-likeness (QED) is 0.769. The average Bonchev–Trinajstić information content (AvgIpc) is 2.37. The van der Waals surface area contributed by atoms with Crippen molar-refractivity contribution in [2.24, 2.45) is 5.73 Å². The summed E-state index contributed by atoms with van der Waals surface area (Å²) < 4.78 is 18.8. The van der Waals surface area contributed by atoms with Gasteiger partial charge in [0.2, 0.25) is 0 Å².